The Morgan fingerprint density at radius 2 is 0.971 bits per heavy atom. The van der Waals surface area contributed by atoms with Crippen LogP contribution in [0.1, 0.15) is 93.2 Å². The summed E-state index contributed by atoms with van der Waals surface area (Å²) >= 11 is 0. The van der Waals surface area contributed by atoms with Gasteiger partial charge < -0.3 is 19.7 Å². The first-order chi connectivity index (χ1) is 16.1. The Kier molecular flexibility index (Phi) is 9.46. The zero-order valence-electron chi connectivity index (χ0n) is 23.6. The fourth-order valence-electron chi connectivity index (χ4n) is 4.43. The number of benzene rings is 2. The summed E-state index contributed by atoms with van der Waals surface area (Å²) in [5, 5.41) is 22.4. The molecule has 0 amide bonds. The van der Waals surface area contributed by atoms with E-state index in [1.807, 2.05) is 64.1 Å². The third kappa shape index (κ3) is 7.47. The Bertz CT molecular complexity index is 871. The van der Waals surface area contributed by atoms with E-state index >= 15 is 0 Å². The van der Waals surface area contributed by atoms with Gasteiger partial charge in [0.05, 0.1) is 0 Å². The lowest BCUT2D eigenvalue weighted by Crippen LogP contribution is -2.42. The van der Waals surface area contributed by atoms with Gasteiger partial charge in [0.25, 0.3) is 0 Å². The molecule has 2 N–H and O–H groups in total. The molecule has 35 heavy (non-hydrogen) atoms. The van der Waals surface area contributed by atoms with Crippen molar-refractivity contribution in [1.82, 2.24) is 0 Å². The van der Waals surface area contributed by atoms with Crippen LogP contribution < -0.4 is 9.47 Å². The van der Waals surface area contributed by atoms with Crippen molar-refractivity contribution in [2.75, 3.05) is 0 Å². The number of rotatable bonds is 12. The fourth-order valence-corrected chi connectivity index (χ4v) is 4.43. The smallest absolute Gasteiger partial charge is 0.210 e. The van der Waals surface area contributed by atoms with Crippen molar-refractivity contribution in [3.63, 3.8) is 0 Å². The van der Waals surface area contributed by atoms with E-state index in [1.165, 1.54) is 0 Å². The van der Waals surface area contributed by atoms with Gasteiger partial charge in [0, 0.05) is 30.1 Å². The highest BCUT2D eigenvalue weighted by molar-refractivity contribution is 5.43. The average molecular weight is 485 g/mol. The molecular formula is C31H48O4. The third-order valence-corrected chi connectivity index (χ3v) is 6.91. The molecule has 0 aliphatic rings. The maximum absolute atomic E-state index is 11.2. The summed E-state index contributed by atoms with van der Waals surface area (Å²) in [6.07, 6.45) is 1.12. The van der Waals surface area contributed by atoms with Gasteiger partial charge in [-0.2, -0.15) is 0 Å². The molecule has 0 saturated carbocycles. The number of hydrogen-bond acceptors (Lipinski definition) is 4. The van der Waals surface area contributed by atoms with E-state index in [2.05, 4.69) is 53.7 Å². The lowest BCUT2D eigenvalue weighted by atomic mass is 9.78. The largest absolute Gasteiger partial charge is 0.462 e. The van der Waals surface area contributed by atoms with Crippen LogP contribution in [0.25, 0.3) is 0 Å². The molecule has 0 radical (unpaired) electrons. The van der Waals surface area contributed by atoms with Gasteiger partial charge in [-0.3, -0.25) is 0 Å². The van der Waals surface area contributed by atoms with Crippen LogP contribution in [0.2, 0.25) is 0 Å². The van der Waals surface area contributed by atoms with E-state index in [1.54, 1.807) is 0 Å². The molecule has 4 heteroatoms. The van der Waals surface area contributed by atoms with Gasteiger partial charge in [-0.05, 0) is 47.2 Å². The standard InChI is InChI=1S/C31H48O4/c1-21(2)19-30(32,23(5)6)34-27-15-11-13-25(17-27)29(9,10)26-14-12-16-28(18-26)35-31(33,24(7)8)20-22(3)4/h11-18,21-24,32-33H,19-20H2,1-10H3. The van der Waals surface area contributed by atoms with Gasteiger partial charge in [0.2, 0.25) is 11.6 Å². The van der Waals surface area contributed by atoms with Crippen molar-refractivity contribution in [2.45, 2.75) is 99.1 Å². The second kappa shape index (κ2) is 11.3. The van der Waals surface area contributed by atoms with Crippen LogP contribution in [0.5, 0.6) is 11.5 Å². The summed E-state index contributed by atoms with van der Waals surface area (Å²) in [7, 11) is 0. The SMILES string of the molecule is CC(C)CC(O)(Oc1cccc(C(C)(C)c2cccc(OC(O)(CC(C)C)C(C)C)c2)c1)C(C)C. The van der Waals surface area contributed by atoms with Crippen LogP contribution in [0.3, 0.4) is 0 Å². The van der Waals surface area contributed by atoms with Crippen LogP contribution in [0.4, 0.5) is 0 Å². The van der Waals surface area contributed by atoms with Crippen LogP contribution >= 0.6 is 0 Å². The maximum atomic E-state index is 11.2. The molecular weight excluding hydrogens is 436 g/mol. The van der Waals surface area contributed by atoms with E-state index < -0.39 is 11.6 Å². The fraction of sp³-hybridized carbons (Fsp3) is 0.613. The van der Waals surface area contributed by atoms with Gasteiger partial charge in [0.15, 0.2) is 0 Å². The Labute approximate surface area is 213 Å². The number of ether oxygens (including phenoxy) is 2. The summed E-state index contributed by atoms with van der Waals surface area (Å²) in [6.45, 7) is 20.6. The first kappa shape index (κ1) is 29.2. The van der Waals surface area contributed by atoms with Crippen LogP contribution in [-0.4, -0.2) is 21.8 Å². The molecule has 2 aromatic rings. The zero-order chi connectivity index (χ0) is 26.6. The summed E-state index contributed by atoms with van der Waals surface area (Å²) < 4.78 is 12.4. The molecule has 2 rings (SSSR count). The molecule has 0 aliphatic carbocycles. The van der Waals surface area contributed by atoms with Crippen molar-refractivity contribution >= 4 is 0 Å². The van der Waals surface area contributed by atoms with E-state index in [-0.39, 0.29) is 17.3 Å². The summed E-state index contributed by atoms with van der Waals surface area (Å²) in [5.41, 5.74) is 1.80. The first-order valence-corrected chi connectivity index (χ1v) is 13.1. The van der Waals surface area contributed by atoms with Gasteiger partial charge in [-0.15, -0.1) is 0 Å². The predicted octanol–water partition coefficient (Wildman–Crippen LogP) is 7.55. The quantitative estimate of drug-likeness (QED) is 0.305. The Hall–Kier alpha value is -2.04. The van der Waals surface area contributed by atoms with E-state index in [9.17, 15) is 10.2 Å². The lowest BCUT2D eigenvalue weighted by Gasteiger charge is -2.35. The summed E-state index contributed by atoms with van der Waals surface area (Å²) in [6, 6.07) is 16.0. The highest BCUT2D eigenvalue weighted by Gasteiger charge is 2.36. The molecule has 2 atom stereocenters. The molecule has 4 nitrogen and oxygen atoms in total. The van der Waals surface area contributed by atoms with E-state index in [0.29, 0.717) is 36.2 Å². The van der Waals surface area contributed by atoms with Gasteiger partial charge in [-0.1, -0.05) is 93.5 Å². The normalized spacial score (nSPS) is 16.0. The number of aliphatic hydroxyl groups is 2. The highest BCUT2D eigenvalue weighted by Crippen LogP contribution is 2.38. The monoisotopic (exact) mass is 484 g/mol. The third-order valence-electron chi connectivity index (χ3n) is 6.91. The Morgan fingerprint density at radius 3 is 1.26 bits per heavy atom. The molecule has 2 unspecified atom stereocenters. The average Bonchev–Trinajstić information content (AvgIpc) is 2.72. The Morgan fingerprint density at radius 1 is 0.629 bits per heavy atom. The highest BCUT2D eigenvalue weighted by atomic mass is 16.6. The molecule has 196 valence electrons. The van der Waals surface area contributed by atoms with Crippen molar-refractivity contribution in [3.8, 4) is 11.5 Å². The summed E-state index contributed by atoms with van der Waals surface area (Å²) in [5.74, 6) is -0.584. The minimum Gasteiger partial charge on any atom is -0.462 e. The van der Waals surface area contributed by atoms with Crippen molar-refractivity contribution in [2.24, 2.45) is 23.7 Å². The molecule has 0 aromatic heterocycles. The molecule has 0 fully saturated rings. The maximum Gasteiger partial charge on any atom is 0.210 e. The van der Waals surface area contributed by atoms with E-state index in [0.717, 1.165) is 11.1 Å². The summed E-state index contributed by atoms with van der Waals surface area (Å²) in [4.78, 5) is 0. The van der Waals surface area contributed by atoms with Gasteiger partial charge in [-0.25, -0.2) is 0 Å². The minimum absolute atomic E-state index is 0.0408. The Balaban J connectivity index is 2.36. The predicted molar refractivity (Wildman–Crippen MR) is 145 cm³/mol. The molecule has 0 spiro atoms. The second-order valence-electron chi connectivity index (χ2n) is 12.1. The van der Waals surface area contributed by atoms with Crippen molar-refractivity contribution < 1.29 is 19.7 Å². The molecule has 0 bridgehead atoms. The van der Waals surface area contributed by atoms with Crippen LogP contribution in [0, 0.1) is 23.7 Å². The number of hydrogen-bond donors (Lipinski definition) is 2. The molecule has 0 heterocycles. The van der Waals surface area contributed by atoms with Crippen molar-refractivity contribution in [1.29, 1.82) is 0 Å². The molecule has 0 saturated heterocycles. The minimum atomic E-state index is -1.22. The van der Waals surface area contributed by atoms with Crippen LogP contribution in [0.15, 0.2) is 48.5 Å². The van der Waals surface area contributed by atoms with Crippen LogP contribution in [-0.2, 0) is 5.41 Å². The second-order valence-corrected chi connectivity index (χ2v) is 12.1. The molecule has 2 aromatic carbocycles. The van der Waals surface area contributed by atoms with Crippen molar-refractivity contribution in [3.05, 3.63) is 59.7 Å². The zero-order valence-corrected chi connectivity index (χ0v) is 23.6. The van der Waals surface area contributed by atoms with E-state index in [4.69, 9.17) is 9.47 Å². The molecule has 0 aliphatic heterocycles. The van der Waals surface area contributed by atoms with Gasteiger partial charge >= 0.3 is 0 Å². The first-order valence-electron chi connectivity index (χ1n) is 13.1. The lowest BCUT2D eigenvalue weighted by molar-refractivity contribution is -0.181. The van der Waals surface area contributed by atoms with Gasteiger partial charge in [0.1, 0.15) is 11.5 Å². The topological polar surface area (TPSA) is 58.9 Å².